The largest absolute Gasteiger partial charge is 0.382 e. The zero-order valence-corrected chi connectivity index (χ0v) is 19.1. The van der Waals surface area contributed by atoms with Gasteiger partial charge >= 0.3 is 0 Å². The summed E-state index contributed by atoms with van der Waals surface area (Å²) in [5, 5.41) is 9.92. The molecule has 186 valence electrons. The molecule has 0 saturated carbocycles. The van der Waals surface area contributed by atoms with E-state index in [1.165, 1.54) is 15.7 Å². The number of nitrogens with zero attached hydrogens (tertiary/aromatic N) is 5. The highest BCUT2D eigenvalue weighted by Crippen LogP contribution is 2.34. The molecule has 0 bridgehead atoms. The lowest BCUT2D eigenvalue weighted by Crippen LogP contribution is -2.50. The number of hydrogen-bond donors (Lipinski definition) is 4. The first kappa shape index (κ1) is 22.4. The van der Waals surface area contributed by atoms with Crippen molar-refractivity contribution in [3.8, 4) is 11.1 Å². The number of rotatable bonds is 4. The maximum Gasteiger partial charge on any atom is 0.256 e. The van der Waals surface area contributed by atoms with Crippen molar-refractivity contribution >= 4 is 45.8 Å². The van der Waals surface area contributed by atoms with Gasteiger partial charge in [0.2, 0.25) is 11.9 Å². The lowest BCUT2D eigenvalue weighted by atomic mass is 10.0. The zero-order chi connectivity index (χ0) is 25.7. The second kappa shape index (κ2) is 8.55. The van der Waals surface area contributed by atoms with Crippen LogP contribution < -0.4 is 16.4 Å². The molecule has 6 rings (SSSR count). The summed E-state index contributed by atoms with van der Waals surface area (Å²) in [5.74, 6) is -1.60. The number of hydrogen-bond acceptors (Lipinski definition) is 7. The van der Waals surface area contributed by atoms with Crippen molar-refractivity contribution < 1.29 is 18.4 Å². The Hall–Kier alpha value is -5.07. The Morgan fingerprint density at radius 1 is 1.16 bits per heavy atom. The van der Waals surface area contributed by atoms with Gasteiger partial charge in [-0.05, 0) is 23.8 Å². The summed E-state index contributed by atoms with van der Waals surface area (Å²) in [4.78, 5) is 37.8. The first-order valence-electron chi connectivity index (χ1n) is 11.3. The van der Waals surface area contributed by atoms with Crippen LogP contribution in [0.15, 0.2) is 48.9 Å². The van der Waals surface area contributed by atoms with Gasteiger partial charge in [-0.15, -0.1) is 0 Å². The second-order valence-corrected chi connectivity index (χ2v) is 8.50. The highest BCUT2D eigenvalue weighted by molar-refractivity contribution is 6.08. The Bertz CT molecular complexity index is 1690. The zero-order valence-electron chi connectivity index (χ0n) is 19.1. The Morgan fingerprint density at radius 3 is 2.76 bits per heavy atom. The van der Waals surface area contributed by atoms with Crippen molar-refractivity contribution in [3.05, 3.63) is 66.1 Å². The molecule has 3 aromatic heterocycles. The van der Waals surface area contributed by atoms with Gasteiger partial charge in [0.1, 0.15) is 23.2 Å². The summed E-state index contributed by atoms with van der Waals surface area (Å²) in [6, 6.07) is 8.96. The first-order chi connectivity index (χ1) is 17.9. The SMILES string of the molecule is Nc1ncnn2cc(C(=O)N3CCNC(=O)C3)c(-c3ccc(Nc4nc5c(F)cc(F)cc5[nH]4)cc3)c12. The van der Waals surface area contributed by atoms with Gasteiger partial charge in [0.15, 0.2) is 11.6 Å². The van der Waals surface area contributed by atoms with E-state index in [9.17, 15) is 18.4 Å². The van der Waals surface area contributed by atoms with E-state index in [2.05, 4.69) is 30.7 Å². The molecule has 0 spiro atoms. The highest BCUT2D eigenvalue weighted by atomic mass is 19.1. The van der Waals surface area contributed by atoms with Crippen LogP contribution in [0.3, 0.4) is 0 Å². The van der Waals surface area contributed by atoms with Crippen molar-refractivity contribution in [3.63, 3.8) is 0 Å². The van der Waals surface area contributed by atoms with Gasteiger partial charge < -0.3 is 26.3 Å². The average Bonchev–Trinajstić information content (AvgIpc) is 3.46. The minimum atomic E-state index is -0.765. The molecular weight excluding hydrogens is 484 g/mol. The van der Waals surface area contributed by atoms with Gasteiger partial charge in [0, 0.05) is 36.6 Å². The third-order valence-corrected chi connectivity index (χ3v) is 6.10. The maximum atomic E-state index is 14.0. The third kappa shape index (κ3) is 3.95. The number of fused-ring (bicyclic) bond motifs is 2. The van der Waals surface area contributed by atoms with Crippen LogP contribution in [-0.4, -0.2) is 60.9 Å². The summed E-state index contributed by atoms with van der Waals surface area (Å²) in [7, 11) is 0. The smallest absolute Gasteiger partial charge is 0.256 e. The molecule has 13 heteroatoms. The summed E-state index contributed by atoms with van der Waals surface area (Å²) < 4.78 is 29.0. The van der Waals surface area contributed by atoms with Crippen LogP contribution in [0, 0.1) is 11.6 Å². The van der Waals surface area contributed by atoms with E-state index in [1.54, 1.807) is 30.5 Å². The van der Waals surface area contributed by atoms with E-state index < -0.39 is 11.6 Å². The maximum absolute atomic E-state index is 14.0. The average molecular weight is 503 g/mol. The van der Waals surface area contributed by atoms with Gasteiger partial charge in [-0.3, -0.25) is 9.59 Å². The van der Waals surface area contributed by atoms with Gasteiger partial charge in [-0.2, -0.15) is 5.10 Å². The Kier molecular flexibility index (Phi) is 5.17. The molecular formula is C24H19F2N9O2. The number of benzene rings is 2. The third-order valence-electron chi connectivity index (χ3n) is 6.10. The van der Waals surface area contributed by atoms with Crippen molar-refractivity contribution in [2.45, 2.75) is 0 Å². The van der Waals surface area contributed by atoms with Crippen LogP contribution in [0.5, 0.6) is 0 Å². The van der Waals surface area contributed by atoms with E-state index in [-0.39, 0.29) is 41.2 Å². The molecule has 1 fully saturated rings. The number of nitrogens with one attached hydrogen (secondary N) is 3. The fourth-order valence-corrected chi connectivity index (χ4v) is 4.43. The number of piperazine rings is 1. The monoisotopic (exact) mass is 503 g/mol. The van der Waals surface area contributed by atoms with Gasteiger partial charge in [0.05, 0.1) is 17.6 Å². The molecule has 5 aromatic rings. The topological polar surface area (TPSA) is 146 Å². The van der Waals surface area contributed by atoms with E-state index in [0.717, 1.165) is 12.1 Å². The van der Waals surface area contributed by atoms with Crippen LogP contribution in [0.2, 0.25) is 0 Å². The number of carbonyl (C=O) groups is 2. The molecule has 0 aliphatic carbocycles. The predicted octanol–water partition coefficient (Wildman–Crippen LogP) is 2.45. The van der Waals surface area contributed by atoms with Crippen LogP contribution in [0.1, 0.15) is 10.4 Å². The van der Waals surface area contributed by atoms with Crippen LogP contribution in [-0.2, 0) is 4.79 Å². The second-order valence-electron chi connectivity index (χ2n) is 8.50. The van der Waals surface area contributed by atoms with E-state index in [4.69, 9.17) is 5.73 Å². The Morgan fingerprint density at radius 2 is 1.97 bits per heavy atom. The first-order valence-corrected chi connectivity index (χ1v) is 11.3. The molecule has 1 aliphatic heterocycles. The van der Waals surface area contributed by atoms with Crippen molar-refractivity contribution in [2.24, 2.45) is 0 Å². The van der Waals surface area contributed by atoms with Crippen molar-refractivity contribution in [2.75, 3.05) is 30.7 Å². The summed E-state index contributed by atoms with van der Waals surface area (Å²) in [6.45, 7) is 0.701. The lowest BCUT2D eigenvalue weighted by Gasteiger charge is -2.26. The number of aromatic nitrogens is 5. The van der Waals surface area contributed by atoms with Crippen LogP contribution >= 0.6 is 0 Å². The summed E-state index contributed by atoms with van der Waals surface area (Å²) >= 11 is 0. The predicted molar refractivity (Wildman–Crippen MR) is 131 cm³/mol. The lowest BCUT2D eigenvalue weighted by molar-refractivity contribution is -0.123. The number of amides is 2. The number of anilines is 3. The number of imidazole rings is 1. The van der Waals surface area contributed by atoms with E-state index in [0.29, 0.717) is 41.0 Å². The van der Waals surface area contributed by atoms with Crippen LogP contribution in [0.4, 0.5) is 26.2 Å². The summed E-state index contributed by atoms with van der Waals surface area (Å²) in [6.07, 6.45) is 2.87. The quantitative estimate of drug-likeness (QED) is 0.295. The van der Waals surface area contributed by atoms with Gasteiger partial charge in [0.25, 0.3) is 5.91 Å². The normalized spacial score (nSPS) is 13.8. The molecule has 5 N–H and O–H groups in total. The fraction of sp³-hybridized carbons (Fsp3) is 0.125. The van der Waals surface area contributed by atoms with Crippen molar-refractivity contribution in [1.29, 1.82) is 0 Å². The Labute approximate surface area is 207 Å². The van der Waals surface area contributed by atoms with Gasteiger partial charge in [-0.1, -0.05) is 12.1 Å². The van der Waals surface area contributed by atoms with Crippen LogP contribution in [0.25, 0.3) is 27.7 Å². The molecule has 11 nitrogen and oxygen atoms in total. The fourth-order valence-electron chi connectivity index (χ4n) is 4.43. The molecule has 1 aliphatic rings. The highest BCUT2D eigenvalue weighted by Gasteiger charge is 2.28. The van der Waals surface area contributed by atoms with Crippen molar-refractivity contribution in [1.82, 2.24) is 34.8 Å². The standard InChI is InChI=1S/C24H19F2N9O2/c25-13-7-16(26)20-17(8-13)32-24(33-20)31-14-3-1-12(2-4-14)19-15(9-35-21(19)22(27)29-11-30-35)23(37)34-6-5-28-18(36)10-34/h1-4,7-9,11H,5-6,10H2,(H,28,36)(H2,27,29,30)(H2,31,32,33). The Balaban J connectivity index is 1.36. The molecule has 37 heavy (non-hydrogen) atoms. The molecule has 0 unspecified atom stereocenters. The number of halogens is 2. The number of nitrogens with two attached hydrogens (primary N) is 1. The number of H-pyrrole nitrogens is 1. The molecule has 2 amide bonds. The van der Waals surface area contributed by atoms with Gasteiger partial charge in [-0.25, -0.2) is 23.3 Å². The van der Waals surface area contributed by atoms with E-state index in [1.807, 2.05) is 0 Å². The number of carbonyl (C=O) groups excluding carboxylic acids is 2. The minimum absolute atomic E-state index is 0.0193. The molecule has 4 heterocycles. The number of aromatic amines is 1. The number of nitrogen functional groups attached to an aromatic ring is 1. The van der Waals surface area contributed by atoms with E-state index >= 15 is 0 Å². The molecule has 0 atom stereocenters. The molecule has 1 saturated heterocycles. The summed E-state index contributed by atoms with van der Waals surface area (Å²) in [5.41, 5.74) is 8.99. The minimum Gasteiger partial charge on any atom is -0.382 e. The molecule has 2 aromatic carbocycles. The molecule has 0 radical (unpaired) electrons.